The fraction of sp³-hybridized carbons (Fsp3) is 0.429. The van der Waals surface area contributed by atoms with Gasteiger partial charge in [0.1, 0.15) is 5.75 Å². The molecule has 132 valence electrons. The maximum absolute atomic E-state index is 5.78. The van der Waals surface area contributed by atoms with Gasteiger partial charge in [-0.1, -0.05) is 42.5 Å². The number of aryl methyl sites for hydroxylation is 1. The van der Waals surface area contributed by atoms with Crippen molar-refractivity contribution >= 4 is 0 Å². The molecule has 4 rings (SSSR count). The second kappa shape index (κ2) is 7.56. The molecule has 0 saturated carbocycles. The van der Waals surface area contributed by atoms with Gasteiger partial charge in [-0.25, -0.2) is 0 Å². The first kappa shape index (κ1) is 16.6. The second-order valence-electron chi connectivity index (χ2n) is 7.15. The normalized spacial score (nSPS) is 23.7. The molecule has 3 N–H and O–H groups in total. The van der Waals surface area contributed by atoms with Crippen molar-refractivity contribution in [3.05, 3.63) is 65.2 Å². The van der Waals surface area contributed by atoms with Crippen LogP contribution < -0.4 is 20.9 Å². The van der Waals surface area contributed by atoms with Crippen LogP contribution in [-0.4, -0.2) is 25.7 Å². The predicted molar refractivity (Wildman–Crippen MR) is 101 cm³/mol. The Bertz CT molecular complexity index is 704. The molecule has 2 aromatic carbocycles. The third-order valence-corrected chi connectivity index (χ3v) is 5.38. The van der Waals surface area contributed by atoms with Gasteiger partial charge in [0.15, 0.2) is 0 Å². The molecule has 0 amide bonds. The molecule has 0 spiro atoms. The number of benzene rings is 2. The molecule has 25 heavy (non-hydrogen) atoms. The van der Waals surface area contributed by atoms with Crippen LogP contribution in [0.4, 0.5) is 0 Å². The fourth-order valence-corrected chi connectivity index (χ4v) is 3.80. The quantitative estimate of drug-likeness (QED) is 0.785. The molecule has 1 saturated heterocycles. The average Bonchev–Trinajstić information content (AvgIpc) is 3.08. The first-order valence-corrected chi connectivity index (χ1v) is 9.33. The van der Waals surface area contributed by atoms with Gasteiger partial charge in [0, 0.05) is 25.0 Å². The van der Waals surface area contributed by atoms with Crippen LogP contribution in [0.15, 0.2) is 48.5 Å². The Morgan fingerprint density at radius 3 is 2.84 bits per heavy atom. The van der Waals surface area contributed by atoms with Crippen molar-refractivity contribution in [1.29, 1.82) is 0 Å². The Balaban J connectivity index is 1.59. The molecule has 2 aliphatic rings. The zero-order valence-corrected chi connectivity index (χ0v) is 14.8. The summed E-state index contributed by atoms with van der Waals surface area (Å²) in [6, 6.07) is 18.1. The van der Waals surface area contributed by atoms with Crippen LogP contribution in [0.5, 0.6) is 5.75 Å². The summed E-state index contributed by atoms with van der Waals surface area (Å²) in [6.45, 7) is 5.06. The average molecular weight is 337 g/mol. The van der Waals surface area contributed by atoms with E-state index < -0.39 is 0 Å². The van der Waals surface area contributed by atoms with Crippen molar-refractivity contribution in [3.63, 3.8) is 0 Å². The van der Waals surface area contributed by atoms with Crippen LogP contribution in [0, 0.1) is 5.92 Å². The van der Waals surface area contributed by atoms with Crippen molar-refractivity contribution < 1.29 is 4.74 Å². The van der Waals surface area contributed by atoms with Gasteiger partial charge in [-0.05, 0) is 42.5 Å². The van der Waals surface area contributed by atoms with Crippen molar-refractivity contribution in [1.82, 2.24) is 16.2 Å². The predicted octanol–water partition coefficient (Wildman–Crippen LogP) is 2.80. The molecule has 2 aliphatic heterocycles. The first-order valence-electron chi connectivity index (χ1n) is 9.33. The molecule has 2 aromatic rings. The van der Waals surface area contributed by atoms with E-state index in [-0.39, 0.29) is 6.04 Å². The lowest BCUT2D eigenvalue weighted by atomic mass is 9.94. The summed E-state index contributed by atoms with van der Waals surface area (Å²) < 4.78 is 5.78. The Kier molecular flexibility index (Phi) is 5.02. The van der Waals surface area contributed by atoms with Crippen molar-refractivity contribution in [3.8, 4) is 5.75 Å². The van der Waals surface area contributed by atoms with Gasteiger partial charge in [-0.15, -0.1) is 0 Å². The Labute approximate surface area is 149 Å². The fourth-order valence-electron chi connectivity index (χ4n) is 3.80. The molecule has 0 radical (unpaired) electrons. The van der Waals surface area contributed by atoms with Crippen LogP contribution in [0.3, 0.4) is 0 Å². The summed E-state index contributed by atoms with van der Waals surface area (Å²) in [5, 5.41) is 3.81. The SMILES string of the molecule is CC1NNCC1CNC(c1ccccc1)c1ccc2c(c1)CCCO2. The molecule has 3 unspecified atom stereocenters. The standard InChI is InChI=1S/C21H27N3O/c1-15-19(14-23-24-15)13-22-21(16-6-3-2-4-7-16)18-9-10-20-17(12-18)8-5-11-25-20/h2-4,6-7,9-10,12,15,19,21-24H,5,8,11,13-14H2,1H3. The smallest absolute Gasteiger partial charge is 0.122 e. The number of hydrazine groups is 1. The van der Waals surface area contributed by atoms with Crippen LogP contribution >= 0.6 is 0 Å². The lowest BCUT2D eigenvalue weighted by Crippen LogP contribution is -2.34. The van der Waals surface area contributed by atoms with Crippen LogP contribution in [-0.2, 0) is 6.42 Å². The highest BCUT2D eigenvalue weighted by Gasteiger charge is 2.24. The van der Waals surface area contributed by atoms with E-state index in [1.807, 2.05) is 0 Å². The molecule has 0 bridgehead atoms. The molecule has 4 heteroatoms. The van der Waals surface area contributed by atoms with Crippen molar-refractivity contribution in [2.24, 2.45) is 5.92 Å². The maximum atomic E-state index is 5.78. The van der Waals surface area contributed by atoms with Crippen molar-refractivity contribution in [2.45, 2.75) is 31.8 Å². The summed E-state index contributed by atoms with van der Waals surface area (Å²) in [6.07, 6.45) is 2.22. The largest absolute Gasteiger partial charge is 0.493 e. The van der Waals surface area contributed by atoms with Gasteiger partial charge < -0.3 is 10.1 Å². The van der Waals surface area contributed by atoms with Gasteiger partial charge >= 0.3 is 0 Å². The van der Waals surface area contributed by atoms with Crippen molar-refractivity contribution in [2.75, 3.05) is 19.7 Å². The van der Waals surface area contributed by atoms with Gasteiger partial charge in [0.25, 0.3) is 0 Å². The van der Waals surface area contributed by atoms with E-state index in [4.69, 9.17) is 4.74 Å². The zero-order chi connectivity index (χ0) is 17.1. The lowest BCUT2D eigenvalue weighted by Gasteiger charge is -2.25. The number of hydrogen-bond donors (Lipinski definition) is 3. The highest BCUT2D eigenvalue weighted by Crippen LogP contribution is 2.30. The molecule has 0 aliphatic carbocycles. The molecule has 3 atom stereocenters. The summed E-state index contributed by atoms with van der Waals surface area (Å²) in [5.74, 6) is 1.65. The van der Waals surface area contributed by atoms with Crippen LogP contribution in [0.1, 0.15) is 36.1 Å². The minimum Gasteiger partial charge on any atom is -0.493 e. The zero-order valence-electron chi connectivity index (χ0n) is 14.8. The van der Waals surface area contributed by atoms with E-state index >= 15 is 0 Å². The van der Waals surface area contributed by atoms with Crippen LogP contribution in [0.2, 0.25) is 0 Å². The molecule has 1 fully saturated rings. The maximum Gasteiger partial charge on any atom is 0.122 e. The molecule has 2 heterocycles. The minimum absolute atomic E-state index is 0.209. The highest BCUT2D eigenvalue weighted by atomic mass is 16.5. The molecule has 4 nitrogen and oxygen atoms in total. The van der Waals surface area contributed by atoms with Gasteiger partial charge in [-0.3, -0.25) is 10.9 Å². The number of fused-ring (bicyclic) bond motifs is 1. The van der Waals surface area contributed by atoms with Gasteiger partial charge in [-0.2, -0.15) is 0 Å². The van der Waals surface area contributed by atoms with E-state index in [9.17, 15) is 0 Å². The summed E-state index contributed by atoms with van der Waals surface area (Å²) in [7, 11) is 0. The molecule has 0 aromatic heterocycles. The third-order valence-electron chi connectivity index (χ3n) is 5.38. The van der Waals surface area contributed by atoms with E-state index in [0.717, 1.165) is 38.3 Å². The lowest BCUT2D eigenvalue weighted by molar-refractivity contribution is 0.288. The monoisotopic (exact) mass is 337 g/mol. The number of rotatable bonds is 5. The van der Waals surface area contributed by atoms with E-state index in [1.165, 1.54) is 16.7 Å². The number of ether oxygens (including phenoxy) is 1. The molecular weight excluding hydrogens is 310 g/mol. The van der Waals surface area contributed by atoms with Gasteiger partial charge in [0.05, 0.1) is 12.6 Å². The Morgan fingerprint density at radius 2 is 2.04 bits per heavy atom. The topological polar surface area (TPSA) is 45.3 Å². The van der Waals surface area contributed by atoms with Gasteiger partial charge in [0.2, 0.25) is 0 Å². The van der Waals surface area contributed by atoms with Crippen LogP contribution in [0.25, 0.3) is 0 Å². The highest BCUT2D eigenvalue weighted by molar-refractivity contribution is 5.42. The summed E-state index contributed by atoms with van der Waals surface area (Å²) >= 11 is 0. The van der Waals surface area contributed by atoms with E-state index in [0.29, 0.717) is 12.0 Å². The van der Waals surface area contributed by atoms with E-state index in [2.05, 4.69) is 71.6 Å². The second-order valence-corrected chi connectivity index (χ2v) is 7.15. The summed E-state index contributed by atoms with van der Waals surface area (Å²) in [5.41, 5.74) is 10.5. The first-order chi connectivity index (χ1) is 12.3. The number of hydrogen-bond acceptors (Lipinski definition) is 4. The molecular formula is C21H27N3O. The number of nitrogens with one attached hydrogen (secondary N) is 3. The Hall–Kier alpha value is -1.88. The van der Waals surface area contributed by atoms with E-state index in [1.54, 1.807) is 0 Å². The third kappa shape index (κ3) is 3.71. The summed E-state index contributed by atoms with van der Waals surface area (Å²) in [4.78, 5) is 0. The minimum atomic E-state index is 0.209. The Morgan fingerprint density at radius 1 is 1.16 bits per heavy atom.